The molecule has 1 aromatic heterocycles. The summed E-state index contributed by atoms with van der Waals surface area (Å²) in [6.07, 6.45) is 5.71. The van der Waals surface area contributed by atoms with E-state index >= 15 is 0 Å². The van der Waals surface area contributed by atoms with Crippen LogP contribution in [0.3, 0.4) is 0 Å². The highest BCUT2D eigenvalue weighted by Gasteiger charge is 2.06. The maximum Gasteiger partial charge on any atom is 0.0537 e. The molecule has 0 saturated carbocycles. The number of aryl methyl sites for hydroxylation is 1. The maximum absolute atomic E-state index is 5.94. The molecule has 0 aromatic carbocycles. The standard InChI is InChI=1S/C9H17N3O/c1-12-7-8(6-11-12)9(10)4-3-5-13-2/h6-7,9H,3-5,10H2,1-2H3. The lowest BCUT2D eigenvalue weighted by Gasteiger charge is -2.07. The first-order chi connectivity index (χ1) is 6.24. The molecule has 0 aliphatic carbocycles. The van der Waals surface area contributed by atoms with Crippen molar-refractivity contribution in [2.24, 2.45) is 12.8 Å². The molecule has 2 N–H and O–H groups in total. The lowest BCUT2D eigenvalue weighted by atomic mass is 10.1. The molecule has 0 amide bonds. The third-order valence-corrected chi connectivity index (χ3v) is 2.02. The third-order valence-electron chi connectivity index (χ3n) is 2.02. The Kier molecular flexibility index (Phi) is 3.92. The van der Waals surface area contributed by atoms with Crippen molar-refractivity contribution in [3.8, 4) is 0 Å². The minimum absolute atomic E-state index is 0.0869. The minimum Gasteiger partial charge on any atom is -0.385 e. The monoisotopic (exact) mass is 183 g/mol. The Morgan fingerprint density at radius 2 is 2.46 bits per heavy atom. The number of aromatic nitrogens is 2. The van der Waals surface area contributed by atoms with Crippen LogP contribution in [0.1, 0.15) is 24.4 Å². The van der Waals surface area contributed by atoms with Crippen molar-refractivity contribution in [1.29, 1.82) is 0 Å². The molecule has 0 fully saturated rings. The fourth-order valence-electron chi connectivity index (χ4n) is 1.25. The van der Waals surface area contributed by atoms with Crippen molar-refractivity contribution < 1.29 is 4.74 Å². The average molecular weight is 183 g/mol. The van der Waals surface area contributed by atoms with Gasteiger partial charge in [-0.25, -0.2) is 0 Å². The summed E-state index contributed by atoms with van der Waals surface area (Å²) in [4.78, 5) is 0. The zero-order valence-corrected chi connectivity index (χ0v) is 8.23. The van der Waals surface area contributed by atoms with Gasteiger partial charge in [0.25, 0.3) is 0 Å². The summed E-state index contributed by atoms with van der Waals surface area (Å²) < 4.78 is 6.73. The number of hydrogen-bond donors (Lipinski definition) is 1. The summed E-state index contributed by atoms with van der Waals surface area (Å²) in [5.41, 5.74) is 7.04. The summed E-state index contributed by atoms with van der Waals surface area (Å²) in [5.74, 6) is 0. The van der Waals surface area contributed by atoms with Crippen molar-refractivity contribution in [3.05, 3.63) is 18.0 Å². The van der Waals surface area contributed by atoms with Crippen LogP contribution in [0, 0.1) is 0 Å². The van der Waals surface area contributed by atoms with Gasteiger partial charge in [-0.15, -0.1) is 0 Å². The minimum atomic E-state index is 0.0869. The summed E-state index contributed by atoms with van der Waals surface area (Å²) in [6, 6.07) is 0.0869. The third kappa shape index (κ3) is 3.16. The van der Waals surface area contributed by atoms with Crippen molar-refractivity contribution >= 4 is 0 Å². The molecular weight excluding hydrogens is 166 g/mol. The molecule has 0 bridgehead atoms. The fraction of sp³-hybridized carbons (Fsp3) is 0.667. The summed E-state index contributed by atoms with van der Waals surface area (Å²) in [7, 11) is 3.60. The average Bonchev–Trinajstić information content (AvgIpc) is 2.52. The predicted molar refractivity (Wildman–Crippen MR) is 51.2 cm³/mol. The molecule has 0 aliphatic heterocycles. The smallest absolute Gasteiger partial charge is 0.0537 e. The van der Waals surface area contributed by atoms with Crippen LogP contribution < -0.4 is 5.73 Å². The molecule has 0 spiro atoms. The number of rotatable bonds is 5. The number of nitrogens with two attached hydrogens (primary N) is 1. The van der Waals surface area contributed by atoms with E-state index in [-0.39, 0.29) is 6.04 Å². The van der Waals surface area contributed by atoms with Crippen LogP contribution in [0.2, 0.25) is 0 Å². The van der Waals surface area contributed by atoms with Gasteiger partial charge in [0.05, 0.1) is 6.20 Å². The van der Waals surface area contributed by atoms with Gasteiger partial charge < -0.3 is 10.5 Å². The van der Waals surface area contributed by atoms with Crippen molar-refractivity contribution in [3.63, 3.8) is 0 Å². The number of methoxy groups -OCH3 is 1. The molecule has 0 saturated heterocycles. The van der Waals surface area contributed by atoms with Gasteiger partial charge in [-0.3, -0.25) is 4.68 Å². The molecule has 1 heterocycles. The van der Waals surface area contributed by atoms with E-state index < -0.39 is 0 Å². The summed E-state index contributed by atoms with van der Waals surface area (Å²) >= 11 is 0. The van der Waals surface area contributed by atoms with E-state index in [4.69, 9.17) is 10.5 Å². The molecule has 13 heavy (non-hydrogen) atoms. The Balaban J connectivity index is 2.35. The fourth-order valence-corrected chi connectivity index (χ4v) is 1.25. The maximum atomic E-state index is 5.94. The van der Waals surface area contributed by atoms with E-state index in [2.05, 4.69) is 5.10 Å². The Hall–Kier alpha value is -0.870. The van der Waals surface area contributed by atoms with Crippen LogP contribution in [-0.4, -0.2) is 23.5 Å². The molecule has 1 unspecified atom stereocenters. The highest BCUT2D eigenvalue weighted by molar-refractivity contribution is 5.08. The molecule has 0 aliphatic rings. The van der Waals surface area contributed by atoms with Crippen LogP contribution in [0.15, 0.2) is 12.4 Å². The molecule has 1 aromatic rings. The van der Waals surface area contributed by atoms with Crippen LogP contribution in [0.4, 0.5) is 0 Å². The first-order valence-corrected chi connectivity index (χ1v) is 4.47. The molecule has 0 radical (unpaired) electrons. The quantitative estimate of drug-likeness (QED) is 0.688. The molecular formula is C9H17N3O. The molecule has 1 rings (SSSR count). The highest BCUT2D eigenvalue weighted by atomic mass is 16.5. The van der Waals surface area contributed by atoms with Crippen LogP contribution in [0.25, 0.3) is 0 Å². The predicted octanol–water partition coefficient (Wildman–Crippen LogP) is 0.846. The van der Waals surface area contributed by atoms with Crippen molar-refractivity contribution in [2.45, 2.75) is 18.9 Å². The second-order valence-corrected chi connectivity index (χ2v) is 3.19. The van der Waals surface area contributed by atoms with Gasteiger partial charge in [0.15, 0.2) is 0 Å². The number of ether oxygens (including phenoxy) is 1. The van der Waals surface area contributed by atoms with E-state index in [1.54, 1.807) is 11.8 Å². The number of nitrogens with zero attached hydrogens (tertiary/aromatic N) is 2. The largest absolute Gasteiger partial charge is 0.385 e. The Labute approximate surface area is 78.7 Å². The molecule has 74 valence electrons. The van der Waals surface area contributed by atoms with Crippen LogP contribution >= 0.6 is 0 Å². The SMILES string of the molecule is COCCCC(N)c1cnn(C)c1. The van der Waals surface area contributed by atoms with Gasteiger partial charge in [-0.05, 0) is 12.8 Å². The lowest BCUT2D eigenvalue weighted by molar-refractivity contribution is 0.190. The van der Waals surface area contributed by atoms with Gasteiger partial charge in [-0.2, -0.15) is 5.10 Å². The topological polar surface area (TPSA) is 53.1 Å². The van der Waals surface area contributed by atoms with Gasteiger partial charge in [0, 0.05) is 38.6 Å². The number of hydrogen-bond acceptors (Lipinski definition) is 3. The van der Waals surface area contributed by atoms with E-state index in [1.807, 2.05) is 19.4 Å². The highest BCUT2D eigenvalue weighted by Crippen LogP contribution is 2.13. The summed E-state index contributed by atoms with van der Waals surface area (Å²) in [6.45, 7) is 0.772. The first kappa shape index (κ1) is 10.2. The van der Waals surface area contributed by atoms with E-state index in [0.29, 0.717) is 0 Å². The van der Waals surface area contributed by atoms with Gasteiger partial charge >= 0.3 is 0 Å². The van der Waals surface area contributed by atoms with E-state index in [0.717, 1.165) is 25.0 Å². The van der Waals surface area contributed by atoms with Gasteiger partial charge in [0.1, 0.15) is 0 Å². The van der Waals surface area contributed by atoms with E-state index in [1.165, 1.54) is 0 Å². The normalized spacial score (nSPS) is 13.2. The van der Waals surface area contributed by atoms with Gasteiger partial charge in [0.2, 0.25) is 0 Å². The Morgan fingerprint density at radius 3 is 3.00 bits per heavy atom. The second kappa shape index (κ2) is 4.99. The lowest BCUT2D eigenvalue weighted by Crippen LogP contribution is -2.10. The molecule has 1 atom stereocenters. The zero-order chi connectivity index (χ0) is 9.68. The second-order valence-electron chi connectivity index (χ2n) is 3.19. The van der Waals surface area contributed by atoms with Gasteiger partial charge in [-0.1, -0.05) is 0 Å². The van der Waals surface area contributed by atoms with Crippen molar-refractivity contribution in [1.82, 2.24) is 9.78 Å². The molecule has 4 nitrogen and oxygen atoms in total. The first-order valence-electron chi connectivity index (χ1n) is 4.47. The Bertz CT molecular complexity index is 247. The zero-order valence-electron chi connectivity index (χ0n) is 8.23. The van der Waals surface area contributed by atoms with Crippen LogP contribution in [-0.2, 0) is 11.8 Å². The van der Waals surface area contributed by atoms with Crippen molar-refractivity contribution in [2.75, 3.05) is 13.7 Å². The van der Waals surface area contributed by atoms with E-state index in [9.17, 15) is 0 Å². The molecule has 4 heteroatoms. The summed E-state index contributed by atoms with van der Waals surface area (Å²) in [5, 5.41) is 4.07. The van der Waals surface area contributed by atoms with Crippen LogP contribution in [0.5, 0.6) is 0 Å². The Morgan fingerprint density at radius 1 is 1.69 bits per heavy atom.